The van der Waals surface area contributed by atoms with E-state index in [2.05, 4.69) is 15.9 Å². The van der Waals surface area contributed by atoms with Crippen molar-refractivity contribution < 1.29 is 9.53 Å². The smallest absolute Gasteiger partial charge is 0.311 e. The molecule has 0 spiro atoms. The quantitative estimate of drug-likeness (QED) is 0.789. The first-order valence-corrected chi connectivity index (χ1v) is 5.58. The molecule has 2 nitrogen and oxygen atoms in total. The van der Waals surface area contributed by atoms with Gasteiger partial charge in [-0.3, -0.25) is 4.79 Å². The summed E-state index contributed by atoms with van der Waals surface area (Å²) in [5, 5.41) is 0. The molecule has 0 unspecified atom stereocenters. The molecule has 0 saturated heterocycles. The van der Waals surface area contributed by atoms with Crippen LogP contribution < -0.4 is 0 Å². The lowest BCUT2D eigenvalue weighted by molar-refractivity contribution is -0.150. The molecule has 82 valence electrons. The highest BCUT2D eigenvalue weighted by atomic mass is 79.9. The standard InChI is InChI=1S/C12H15BrO2/c1-12(2,11(14)15-3)8-9-6-4-5-7-10(9)13/h4-7H,8H2,1-3H3. The lowest BCUT2D eigenvalue weighted by atomic mass is 9.86. The van der Waals surface area contributed by atoms with Crippen molar-refractivity contribution in [3.63, 3.8) is 0 Å². The molecular weight excluding hydrogens is 256 g/mol. The molecule has 0 fully saturated rings. The van der Waals surface area contributed by atoms with Gasteiger partial charge in [0.1, 0.15) is 0 Å². The van der Waals surface area contributed by atoms with Crippen LogP contribution in [0.15, 0.2) is 28.7 Å². The highest BCUT2D eigenvalue weighted by molar-refractivity contribution is 9.10. The van der Waals surface area contributed by atoms with E-state index in [1.165, 1.54) is 7.11 Å². The van der Waals surface area contributed by atoms with Gasteiger partial charge in [-0.05, 0) is 31.9 Å². The molecule has 15 heavy (non-hydrogen) atoms. The minimum absolute atomic E-state index is 0.182. The Morgan fingerprint density at radius 3 is 2.53 bits per heavy atom. The first-order chi connectivity index (χ1) is 6.97. The summed E-state index contributed by atoms with van der Waals surface area (Å²) < 4.78 is 5.80. The summed E-state index contributed by atoms with van der Waals surface area (Å²) >= 11 is 3.47. The first kappa shape index (κ1) is 12.2. The van der Waals surface area contributed by atoms with Crippen LogP contribution in [-0.4, -0.2) is 13.1 Å². The Bertz CT molecular complexity index is 358. The van der Waals surface area contributed by atoms with E-state index in [-0.39, 0.29) is 5.97 Å². The second kappa shape index (κ2) is 4.79. The van der Waals surface area contributed by atoms with Crippen LogP contribution in [0.2, 0.25) is 0 Å². The lowest BCUT2D eigenvalue weighted by Crippen LogP contribution is -2.28. The minimum Gasteiger partial charge on any atom is -0.469 e. The third-order valence-electron chi connectivity index (χ3n) is 2.33. The van der Waals surface area contributed by atoms with Crippen LogP contribution in [0.25, 0.3) is 0 Å². The fourth-order valence-corrected chi connectivity index (χ4v) is 1.89. The molecule has 0 saturated carbocycles. The van der Waals surface area contributed by atoms with Gasteiger partial charge in [0.25, 0.3) is 0 Å². The Kier molecular flexibility index (Phi) is 3.91. The number of hydrogen-bond acceptors (Lipinski definition) is 2. The topological polar surface area (TPSA) is 26.3 Å². The van der Waals surface area contributed by atoms with Gasteiger partial charge in [-0.1, -0.05) is 34.1 Å². The molecule has 0 radical (unpaired) electrons. The van der Waals surface area contributed by atoms with Crippen molar-refractivity contribution in [2.45, 2.75) is 20.3 Å². The van der Waals surface area contributed by atoms with Gasteiger partial charge in [0.05, 0.1) is 12.5 Å². The summed E-state index contributed by atoms with van der Waals surface area (Å²) in [5.41, 5.74) is 0.631. The van der Waals surface area contributed by atoms with Crippen molar-refractivity contribution in [3.8, 4) is 0 Å². The Morgan fingerprint density at radius 1 is 1.40 bits per heavy atom. The highest BCUT2D eigenvalue weighted by Crippen LogP contribution is 2.27. The number of methoxy groups -OCH3 is 1. The molecule has 0 atom stereocenters. The maximum absolute atomic E-state index is 11.5. The van der Waals surface area contributed by atoms with Crippen molar-refractivity contribution in [1.29, 1.82) is 0 Å². The number of esters is 1. The van der Waals surface area contributed by atoms with Crippen LogP contribution in [0.5, 0.6) is 0 Å². The van der Waals surface area contributed by atoms with Crippen molar-refractivity contribution in [3.05, 3.63) is 34.3 Å². The molecule has 3 heteroatoms. The van der Waals surface area contributed by atoms with Gasteiger partial charge in [-0.25, -0.2) is 0 Å². The van der Waals surface area contributed by atoms with E-state index in [0.717, 1.165) is 10.0 Å². The van der Waals surface area contributed by atoms with E-state index < -0.39 is 5.41 Å². The van der Waals surface area contributed by atoms with Gasteiger partial charge < -0.3 is 4.74 Å². The first-order valence-electron chi connectivity index (χ1n) is 4.79. The second-order valence-electron chi connectivity index (χ2n) is 4.14. The van der Waals surface area contributed by atoms with Crippen molar-refractivity contribution in [2.75, 3.05) is 7.11 Å². The average molecular weight is 271 g/mol. The molecule has 0 N–H and O–H groups in total. The van der Waals surface area contributed by atoms with Crippen LogP contribution in [0.1, 0.15) is 19.4 Å². The zero-order valence-electron chi connectivity index (χ0n) is 9.21. The van der Waals surface area contributed by atoms with Gasteiger partial charge in [0.15, 0.2) is 0 Å². The van der Waals surface area contributed by atoms with Crippen molar-refractivity contribution >= 4 is 21.9 Å². The minimum atomic E-state index is -0.487. The molecule has 1 rings (SSSR count). The zero-order chi connectivity index (χ0) is 11.5. The summed E-state index contributed by atoms with van der Waals surface area (Å²) in [6.07, 6.45) is 0.668. The molecular formula is C12H15BrO2. The fourth-order valence-electron chi connectivity index (χ4n) is 1.47. The predicted molar refractivity (Wildman–Crippen MR) is 63.6 cm³/mol. The van der Waals surface area contributed by atoms with Crippen LogP contribution >= 0.6 is 15.9 Å². The highest BCUT2D eigenvalue weighted by Gasteiger charge is 2.29. The Morgan fingerprint density at radius 2 is 2.00 bits per heavy atom. The summed E-state index contributed by atoms with van der Waals surface area (Å²) in [6, 6.07) is 7.91. The van der Waals surface area contributed by atoms with Crippen molar-refractivity contribution in [1.82, 2.24) is 0 Å². The number of carbonyl (C=O) groups is 1. The van der Waals surface area contributed by atoms with Gasteiger partial charge in [-0.15, -0.1) is 0 Å². The molecule has 0 aliphatic rings. The number of carbonyl (C=O) groups excluding carboxylic acids is 1. The third kappa shape index (κ3) is 3.06. The summed E-state index contributed by atoms with van der Waals surface area (Å²) in [5.74, 6) is -0.182. The molecule has 0 bridgehead atoms. The Hall–Kier alpha value is -0.830. The SMILES string of the molecule is COC(=O)C(C)(C)Cc1ccccc1Br. The van der Waals surface area contributed by atoms with Crippen LogP contribution in [-0.2, 0) is 16.0 Å². The maximum Gasteiger partial charge on any atom is 0.311 e. The molecule has 0 aromatic heterocycles. The zero-order valence-corrected chi connectivity index (χ0v) is 10.8. The van der Waals surface area contributed by atoms with Crippen LogP contribution in [0.4, 0.5) is 0 Å². The van der Waals surface area contributed by atoms with Gasteiger partial charge in [0, 0.05) is 4.47 Å². The molecule has 1 aromatic rings. The second-order valence-corrected chi connectivity index (χ2v) is 5.00. The lowest BCUT2D eigenvalue weighted by Gasteiger charge is -2.21. The molecule has 0 aliphatic heterocycles. The maximum atomic E-state index is 11.5. The summed E-state index contributed by atoms with van der Waals surface area (Å²) in [6.45, 7) is 3.77. The number of ether oxygens (including phenoxy) is 1. The van der Waals surface area contributed by atoms with E-state index in [4.69, 9.17) is 4.74 Å². The molecule has 1 aromatic carbocycles. The van der Waals surface area contributed by atoms with Crippen LogP contribution in [0.3, 0.4) is 0 Å². The number of rotatable bonds is 3. The van der Waals surface area contributed by atoms with Crippen molar-refractivity contribution in [2.24, 2.45) is 5.41 Å². The monoisotopic (exact) mass is 270 g/mol. The van der Waals surface area contributed by atoms with Crippen LogP contribution in [0, 0.1) is 5.41 Å². The Labute approximate surface area is 98.8 Å². The van der Waals surface area contributed by atoms with E-state index in [9.17, 15) is 4.79 Å². The molecule has 0 amide bonds. The third-order valence-corrected chi connectivity index (χ3v) is 3.10. The Balaban J connectivity index is 2.86. The molecule has 0 aliphatic carbocycles. The van der Waals surface area contributed by atoms with Gasteiger partial charge in [0.2, 0.25) is 0 Å². The van der Waals surface area contributed by atoms with Gasteiger partial charge in [-0.2, -0.15) is 0 Å². The summed E-state index contributed by atoms with van der Waals surface area (Å²) in [4.78, 5) is 11.5. The van der Waals surface area contributed by atoms with E-state index in [1.54, 1.807) is 0 Å². The molecule has 0 heterocycles. The van der Waals surface area contributed by atoms with E-state index in [1.807, 2.05) is 38.1 Å². The van der Waals surface area contributed by atoms with E-state index >= 15 is 0 Å². The summed E-state index contributed by atoms with van der Waals surface area (Å²) in [7, 11) is 1.42. The average Bonchev–Trinajstić information content (AvgIpc) is 2.20. The largest absolute Gasteiger partial charge is 0.469 e. The normalized spacial score (nSPS) is 11.2. The van der Waals surface area contributed by atoms with E-state index in [0.29, 0.717) is 6.42 Å². The number of hydrogen-bond donors (Lipinski definition) is 0. The number of halogens is 1. The number of benzene rings is 1. The predicted octanol–water partition coefficient (Wildman–Crippen LogP) is 3.19. The van der Waals surface area contributed by atoms with Gasteiger partial charge >= 0.3 is 5.97 Å². The fraction of sp³-hybridized carbons (Fsp3) is 0.417.